The third-order valence-corrected chi connectivity index (χ3v) is 7.00. The van der Waals surface area contributed by atoms with Crippen LogP contribution in [0.3, 0.4) is 0 Å². The van der Waals surface area contributed by atoms with E-state index >= 15 is 0 Å². The van der Waals surface area contributed by atoms with Crippen LogP contribution in [0.5, 0.6) is 0 Å². The number of aliphatic hydroxyl groups excluding tert-OH is 1. The molecule has 4 heteroatoms. The summed E-state index contributed by atoms with van der Waals surface area (Å²) >= 11 is 0. The minimum absolute atomic E-state index is 0.126. The van der Waals surface area contributed by atoms with Gasteiger partial charge in [-0.2, -0.15) is 0 Å². The molecule has 4 nitrogen and oxygen atoms in total. The highest BCUT2D eigenvalue weighted by molar-refractivity contribution is 5.41. The standard InChI is InChI=1S/C24H30N2O2/c1-23(2)19-7-3-4-8-20(19)24(28-23)9-12-26(13-10-24)16-17-14-18-6-5-11-25-22(18)21(27)15-17/h3-8,11,17,21,27H,9-10,12-16H2,1-2H3/t17?,21-/m0/s1. The number of rotatable bonds is 2. The van der Waals surface area contributed by atoms with Crippen LogP contribution < -0.4 is 0 Å². The maximum Gasteiger partial charge on any atom is 0.0971 e. The lowest BCUT2D eigenvalue weighted by Gasteiger charge is -2.42. The molecule has 2 atom stereocenters. The fourth-order valence-corrected chi connectivity index (χ4v) is 5.72. The summed E-state index contributed by atoms with van der Waals surface area (Å²) in [4.78, 5) is 6.96. The monoisotopic (exact) mass is 378 g/mol. The van der Waals surface area contributed by atoms with Crippen LogP contribution in [0.1, 0.15) is 61.6 Å². The molecule has 148 valence electrons. The Kier molecular flexibility index (Phi) is 4.34. The van der Waals surface area contributed by atoms with E-state index < -0.39 is 6.10 Å². The fourth-order valence-electron chi connectivity index (χ4n) is 5.72. The van der Waals surface area contributed by atoms with E-state index in [2.05, 4.69) is 54.1 Å². The van der Waals surface area contributed by atoms with Gasteiger partial charge in [0.25, 0.3) is 0 Å². The zero-order chi connectivity index (χ0) is 19.4. The van der Waals surface area contributed by atoms with Crippen molar-refractivity contribution in [2.45, 2.75) is 56.8 Å². The third kappa shape index (κ3) is 2.99. The van der Waals surface area contributed by atoms with Gasteiger partial charge in [-0.1, -0.05) is 30.3 Å². The predicted octanol–water partition coefficient (Wildman–Crippen LogP) is 3.93. The first-order chi connectivity index (χ1) is 13.5. The maximum absolute atomic E-state index is 10.5. The number of ether oxygens (including phenoxy) is 1. The van der Waals surface area contributed by atoms with Crippen molar-refractivity contribution in [3.05, 3.63) is 65.0 Å². The highest BCUT2D eigenvalue weighted by Crippen LogP contribution is 2.51. The van der Waals surface area contributed by atoms with Gasteiger partial charge in [0.1, 0.15) is 0 Å². The van der Waals surface area contributed by atoms with Gasteiger partial charge in [0, 0.05) is 25.8 Å². The topological polar surface area (TPSA) is 45.6 Å². The van der Waals surface area contributed by atoms with Gasteiger partial charge >= 0.3 is 0 Å². The summed E-state index contributed by atoms with van der Waals surface area (Å²) < 4.78 is 6.67. The molecule has 1 aliphatic carbocycles. The second kappa shape index (κ2) is 6.65. The molecule has 3 heterocycles. The number of fused-ring (bicyclic) bond motifs is 3. The zero-order valence-electron chi connectivity index (χ0n) is 16.9. The second-order valence-electron chi connectivity index (χ2n) is 9.32. The number of pyridine rings is 1. The van der Waals surface area contributed by atoms with Crippen LogP contribution in [-0.4, -0.2) is 34.6 Å². The Bertz CT molecular complexity index is 870. The number of likely N-dealkylation sites (tertiary alicyclic amines) is 1. The summed E-state index contributed by atoms with van der Waals surface area (Å²) in [5.74, 6) is 0.494. The number of aromatic nitrogens is 1. The zero-order valence-corrected chi connectivity index (χ0v) is 16.9. The molecular weight excluding hydrogens is 348 g/mol. The fraction of sp³-hybridized carbons (Fsp3) is 0.542. The van der Waals surface area contributed by atoms with Gasteiger partial charge in [0.05, 0.1) is 23.0 Å². The van der Waals surface area contributed by atoms with Crippen molar-refractivity contribution in [2.75, 3.05) is 19.6 Å². The maximum atomic E-state index is 10.5. The van der Waals surface area contributed by atoms with Gasteiger partial charge in [-0.15, -0.1) is 0 Å². The second-order valence-corrected chi connectivity index (χ2v) is 9.32. The lowest BCUT2D eigenvalue weighted by molar-refractivity contribution is -0.150. The molecule has 2 aromatic rings. The van der Waals surface area contributed by atoms with E-state index in [0.717, 1.165) is 51.0 Å². The SMILES string of the molecule is CC1(C)OC2(CCN(CC3Cc4cccnc4[C@@H](O)C3)CC2)c2ccccc21. The molecule has 0 amide bonds. The van der Waals surface area contributed by atoms with Crippen molar-refractivity contribution in [1.29, 1.82) is 0 Å². The highest BCUT2D eigenvalue weighted by atomic mass is 16.5. The molecule has 3 aliphatic rings. The van der Waals surface area contributed by atoms with E-state index in [0.29, 0.717) is 5.92 Å². The largest absolute Gasteiger partial charge is 0.387 e. The highest BCUT2D eigenvalue weighted by Gasteiger charge is 2.49. The minimum Gasteiger partial charge on any atom is -0.387 e. The Hall–Kier alpha value is -1.75. The van der Waals surface area contributed by atoms with Crippen LogP contribution in [0.4, 0.5) is 0 Å². The summed E-state index contributed by atoms with van der Waals surface area (Å²) in [6.45, 7) is 7.55. The summed E-state index contributed by atoms with van der Waals surface area (Å²) in [6.07, 6.45) is 5.29. The quantitative estimate of drug-likeness (QED) is 0.860. The van der Waals surface area contributed by atoms with Crippen molar-refractivity contribution in [3.8, 4) is 0 Å². The van der Waals surface area contributed by atoms with E-state index in [1.807, 2.05) is 6.07 Å². The van der Waals surface area contributed by atoms with Gasteiger partial charge in [-0.25, -0.2) is 0 Å². The minimum atomic E-state index is -0.420. The van der Waals surface area contributed by atoms with Crippen LogP contribution in [0.2, 0.25) is 0 Å². The summed E-state index contributed by atoms with van der Waals surface area (Å²) in [7, 11) is 0. The van der Waals surface area contributed by atoms with E-state index in [9.17, 15) is 5.11 Å². The first kappa shape index (κ1) is 18.3. The van der Waals surface area contributed by atoms with E-state index in [1.54, 1.807) is 6.20 Å². The molecule has 1 aromatic carbocycles. The Morgan fingerprint density at radius 1 is 1.11 bits per heavy atom. The van der Waals surface area contributed by atoms with Crippen molar-refractivity contribution >= 4 is 0 Å². The molecule has 1 N–H and O–H groups in total. The van der Waals surface area contributed by atoms with Crippen molar-refractivity contribution in [1.82, 2.24) is 9.88 Å². The summed E-state index contributed by atoms with van der Waals surface area (Å²) in [5, 5.41) is 10.5. The van der Waals surface area contributed by atoms with E-state index in [-0.39, 0.29) is 11.2 Å². The predicted molar refractivity (Wildman–Crippen MR) is 109 cm³/mol. The Balaban J connectivity index is 1.27. The van der Waals surface area contributed by atoms with Crippen LogP contribution in [0.15, 0.2) is 42.6 Å². The summed E-state index contributed by atoms with van der Waals surface area (Å²) in [5.41, 5.74) is 4.52. The van der Waals surface area contributed by atoms with E-state index in [1.165, 1.54) is 16.7 Å². The molecular formula is C24H30N2O2. The molecule has 0 radical (unpaired) electrons. The van der Waals surface area contributed by atoms with Crippen LogP contribution >= 0.6 is 0 Å². The van der Waals surface area contributed by atoms with Crippen LogP contribution in [0.25, 0.3) is 0 Å². The molecule has 1 saturated heterocycles. The molecule has 1 unspecified atom stereocenters. The first-order valence-corrected chi connectivity index (χ1v) is 10.6. The average Bonchev–Trinajstić information content (AvgIpc) is 2.91. The Morgan fingerprint density at radius 3 is 2.64 bits per heavy atom. The first-order valence-electron chi connectivity index (χ1n) is 10.6. The van der Waals surface area contributed by atoms with Crippen molar-refractivity contribution in [3.63, 3.8) is 0 Å². The van der Waals surface area contributed by atoms with Gasteiger partial charge in [-0.05, 0) is 68.2 Å². The summed E-state index contributed by atoms with van der Waals surface area (Å²) in [6, 6.07) is 12.9. The molecule has 0 bridgehead atoms. The van der Waals surface area contributed by atoms with Gasteiger partial charge in [0.2, 0.25) is 0 Å². The lowest BCUT2D eigenvalue weighted by atomic mass is 9.81. The Labute approximate surface area is 167 Å². The van der Waals surface area contributed by atoms with Gasteiger partial charge in [0.15, 0.2) is 0 Å². The molecule has 1 fully saturated rings. The molecule has 1 aromatic heterocycles. The smallest absolute Gasteiger partial charge is 0.0971 e. The molecule has 28 heavy (non-hydrogen) atoms. The number of aliphatic hydroxyl groups is 1. The molecule has 2 aliphatic heterocycles. The van der Waals surface area contributed by atoms with E-state index in [4.69, 9.17) is 4.74 Å². The third-order valence-electron chi connectivity index (χ3n) is 7.00. The number of hydrogen-bond acceptors (Lipinski definition) is 4. The Morgan fingerprint density at radius 2 is 1.86 bits per heavy atom. The normalized spacial score (nSPS) is 28.1. The molecule has 0 saturated carbocycles. The van der Waals surface area contributed by atoms with Gasteiger partial charge in [-0.3, -0.25) is 4.98 Å². The molecule has 5 rings (SSSR count). The average molecular weight is 379 g/mol. The van der Waals surface area contributed by atoms with Crippen molar-refractivity contribution in [2.24, 2.45) is 5.92 Å². The number of hydrogen-bond donors (Lipinski definition) is 1. The number of benzene rings is 1. The van der Waals surface area contributed by atoms with Crippen LogP contribution in [-0.2, 0) is 22.4 Å². The lowest BCUT2D eigenvalue weighted by Crippen LogP contribution is -2.45. The number of nitrogens with zero attached hydrogens (tertiary/aromatic N) is 2. The van der Waals surface area contributed by atoms with Crippen LogP contribution in [0, 0.1) is 5.92 Å². The number of piperidine rings is 1. The molecule has 1 spiro atoms. The van der Waals surface area contributed by atoms with Gasteiger partial charge < -0.3 is 14.7 Å². The van der Waals surface area contributed by atoms with Crippen molar-refractivity contribution < 1.29 is 9.84 Å².